The summed E-state index contributed by atoms with van der Waals surface area (Å²) >= 11 is 0. The van der Waals surface area contributed by atoms with Crippen molar-refractivity contribution in [3.8, 4) is 11.1 Å². The lowest BCUT2D eigenvalue weighted by atomic mass is 9.90. The van der Waals surface area contributed by atoms with E-state index in [1.54, 1.807) is 0 Å². The number of benzene rings is 7. The van der Waals surface area contributed by atoms with Gasteiger partial charge in [-0.2, -0.15) is 0 Å². The first-order valence-corrected chi connectivity index (χ1v) is 18.7. The fraction of sp³-hybridized carbons (Fsp3) is 0.122. The predicted octanol–water partition coefficient (Wildman–Crippen LogP) is 12.5. The summed E-state index contributed by atoms with van der Waals surface area (Å²) in [6.45, 7) is 0. The third-order valence-corrected chi connectivity index (χ3v) is 11.5. The largest absolute Gasteiger partial charge is 0.456 e. The molecule has 3 atom stereocenters. The zero-order valence-corrected chi connectivity index (χ0v) is 29.1. The molecule has 254 valence electrons. The lowest BCUT2D eigenvalue weighted by molar-refractivity contribution is 0.490. The normalized spacial score (nSPS) is 18.0. The average Bonchev–Trinajstić information content (AvgIpc) is 3.89. The third-order valence-electron chi connectivity index (χ3n) is 11.5. The van der Waals surface area contributed by atoms with E-state index >= 15 is 0 Å². The van der Waals surface area contributed by atoms with Crippen molar-refractivity contribution in [3.63, 3.8) is 0 Å². The van der Waals surface area contributed by atoms with E-state index in [1.165, 1.54) is 49.7 Å². The second-order valence-electron chi connectivity index (χ2n) is 14.6. The topological polar surface area (TPSA) is 50.7 Å². The minimum Gasteiger partial charge on any atom is -0.456 e. The molecule has 0 radical (unpaired) electrons. The van der Waals surface area contributed by atoms with Crippen LogP contribution in [0.15, 0.2) is 172 Å². The first kappa shape index (κ1) is 30.3. The van der Waals surface area contributed by atoms with Gasteiger partial charge in [0, 0.05) is 38.6 Å². The molecule has 1 aliphatic carbocycles. The van der Waals surface area contributed by atoms with E-state index in [0.29, 0.717) is 5.92 Å². The van der Waals surface area contributed by atoms with Crippen LogP contribution in [0.25, 0.3) is 55.0 Å². The number of furan rings is 2. The van der Waals surface area contributed by atoms with Gasteiger partial charge in [-0.25, -0.2) is 0 Å². The highest BCUT2D eigenvalue weighted by Gasteiger charge is 2.32. The Morgan fingerprint density at radius 1 is 0.566 bits per heavy atom. The molecular formula is C49H36N2O2. The Morgan fingerprint density at radius 3 is 2.13 bits per heavy atom. The van der Waals surface area contributed by atoms with Gasteiger partial charge in [0.2, 0.25) is 0 Å². The van der Waals surface area contributed by atoms with Crippen molar-refractivity contribution in [2.75, 3.05) is 0 Å². The summed E-state index contributed by atoms with van der Waals surface area (Å²) in [4.78, 5) is 5.25. The summed E-state index contributed by atoms with van der Waals surface area (Å²) in [5, 5.41) is 8.40. The Kier molecular flexibility index (Phi) is 6.91. The third kappa shape index (κ3) is 5.01. The van der Waals surface area contributed by atoms with Crippen molar-refractivity contribution in [2.45, 2.75) is 37.3 Å². The Balaban J connectivity index is 0.907. The summed E-state index contributed by atoms with van der Waals surface area (Å²) in [6.07, 6.45) is 2.84. The second-order valence-corrected chi connectivity index (χ2v) is 14.6. The maximum Gasteiger partial charge on any atom is 0.143 e. The summed E-state index contributed by atoms with van der Waals surface area (Å²) in [7, 11) is 0. The smallest absolute Gasteiger partial charge is 0.143 e. The van der Waals surface area contributed by atoms with Crippen LogP contribution in [0.3, 0.4) is 0 Å². The number of amidine groups is 1. The maximum absolute atomic E-state index is 6.61. The molecule has 0 saturated heterocycles. The molecule has 0 fully saturated rings. The van der Waals surface area contributed by atoms with Crippen LogP contribution in [-0.4, -0.2) is 5.84 Å². The molecule has 2 aromatic heterocycles. The van der Waals surface area contributed by atoms with Gasteiger partial charge in [-0.1, -0.05) is 133 Å². The van der Waals surface area contributed by atoms with Crippen molar-refractivity contribution < 1.29 is 8.83 Å². The lowest BCUT2D eigenvalue weighted by Crippen LogP contribution is -2.34. The van der Waals surface area contributed by atoms with Gasteiger partial charge in [-0.3, -0.25) is 4.99 Å². The Bertz CT molecular complexity index is 2860. The number of hydrogen-bond donors (Lipinski definition) is 1. The van der Waals surface area contributed by atoms with Gasteiger partial charge < -0.3 is 14.2 Å². The Labute approximate surface area is 307 Å². The summed E-state index contributed by atoms with van der Waals surface area (Å²) in [5.74, 6) is 1.20. The molecule has 0 amide bonds. The molecule has 2 aliphatic rings. The van der Waals surface area contributed by atoms with E-state index in [-0.39, 0.29) is 12.1 Å². The van der Waals surface area contributed by atoms with E-state index in [0.717, 1.165) is 63.8 Å². The Hall–Kier alpha value is -6.39. The number of nitrogens with zero attached hydrogens (tertiary/aromatic N) is 1. The van der Waals surface area contributed by atoms with E-state index in [4.69, 9.17) is 13.8 Å². The standard InChI is InChI=1S/C49H36N2O2/c1-3-11-31(12-4-1)42-29-43(32-13-5-2-6-14-32)51-49(50-42)33-21-24-38-37-23-20-30(27-45(37)52-46(38)28-33)19-22-35-34-15-7-8-17-39(34)47-40(35)25-26-41-36-16-9-10-18-44(36)53-48(41)47/h1-18,20-21,23-28,35,42-43H,19,22,29H2,(H,50,51)/t35-,42?,43?/m1/s1. The van der Waals surface area contributed by atoms with Gasteiger partial charge in [0.05, 0.1) is 12.1 Å². The number of fused-ring (bicyclic) bond motifs is 10. The number of hydrogen-bond acceptors (Lipinski definition) is 4. The van der Waals surface area contributed by atoms with Crippen molar-refractivity contribution >= 4 is 49.7 Å². The molecule has 4 nitrogen and oxygen atoms in total. The molecule has 1 N–H and O–H groups in total. The van der Waals surface area contributed by atoms with E-state index in [1.807, 2.05) is 6.07 Å². The van der Waals surface area contributed by atoms with Gasteiger partial charge in [-0.05, 0) is 76.9 Å². The quantitative estimate of drug-likeness (QED) is 0.190. The average molecular weight is 685 g/mol. The highest BCUT2D eigenvalue weighted by Crippen LogP contribution is 2.51. The molecule has 7 aromatic carbocycles. The molecule has 53 heavy (non-hydrogen) atoms. The molecule has 3 heterocycles. The number of para-hydroxylation sites is 1. The number of nitrogens with one attached hydrogen (secondary N) is 1. The molecule has 11 rings (SSSR count). The summed E-state index contributed by atoms with van der Waals surface area (Å²) in [5.41, 5.74) is 13.9. The van der Waals surface area contributed by atoms with Gasteiger partial charge in [0.15, 0.2) is 0 Å². The highest BCUT2D eigenvalue weighted by atomic mass is 16.3. The minimum atomic E-state index is 0.0649. The summed E-state index contributed by atoms with van der Waals surface area (Å²) < 4.78 is 13.1. The van der Waals surface area contributed by atoms with Gasteiger partial charge in [-0.15, -0.1) is 0 Å². The molecule has 9 aromatic rings. The van der Waals surface area contributed by atoms with Crippen molar-refractivity contribution in [3.05, 3.63) is 191 Å². The molecule has 0 bridgehead atoms. The van der Waals surface area contributed by atoms with E-state index in [2.05, 4.69) is 157 Å². The number of rotatable bonds is 6. The molecule has 0 saturated carbocycles. The number of aliphatic imine (C=N–C) groups is 1. The van der Waals surface area contributed by atoms with Crippen LogP contribution >= 0.6 is 0 Å². The molecule has 1 aliphatic heterocycles. The van der Waals surface area contributed by atoms with Crippen LogP contribution in [-0.2, 0) is 6.42 Å². The van der Waals surface area contributed by atoms with Crippen LogP contribution < -0.4 is 5.32 Å². The minimum absolute atomic E-state index is 0.0649. The first-order valence-electron chi connectivity index (χ1n) is 18.7. The summed E-state index contributed by atoms with van der Waals surface area (Å²) in [6, 6.07) is 56.6. The molecule has 2 unspecified atom stereocenters. The van der Waals surface area contributed by atoms with Gasteiger partial charge >= 0.3 is 0 Å². The zero-order valence-electron chi connectivity index (χ0n) is 29.1. The monoisotopic (exact) mass is 684 g/mol. The van der Waals surface area contributed by atoms with Crippen LogP contribution in [0.1, 0.15) is 64.2 Å². The fourth-order valence-electron chi connectivity index (χ4n) is 8.96. The van der Waals surface area contributed by atoms with Crippen LogP contribution in [0.4, 0.5) is 0 Å². The van der Waals surface area contributed by atoms with Crippen LogP contribution in [0.2, 0.25) is 0 Å². The molecule has 4 heteroatoms. The molecule has 0 spiro atoms. The van der Waals surface area contributed by atoms with E-state index in [9.17, 15) is 0 Å². The fourth-order valence-corrected chi connectivity index (χ4v) is 8.96. The highest BCUT2D eigenvalue weighted by molar-refractivity contribution is 6.12. The first-order chi connectivity index (χ1) is 26.2. The van der Waals surface area contributed by atoms with Gasteiger partial charge in [0.25, 0.3) is 0 Å². The second kappa shape index (κ2) is 12.1. The van der Waals surface area contributed by atoms with Crippen LogP contribution in [0, 0.1) is 0 Å². The zero-order chi connectivity index (χ0) is 34.9. The SMILES string of the molecule is c1ccc(C2CC(c3ccccc3)NC(c3ccc4c(c3)oc3cc(CC[C@@H]5c6ccccc6-c6c5ccc5c6oc6ccccc65)ccc34)=N2)cc1. The van der Waals surface area contributed by atoms with Gasteiger partial charge in [0.1, 0.15) is 28.2 Å². The van der Waals surface area contributed by atoms with Crippen molar-refractivity contribution in [2.24, 2.45) is 4.99 Å². The van der Waals surface area contributed by atoms with Crippen molar-refractivity contribution in [1.82, 2.24) is 5.32 Å². The Morgan fingerprint density at radius 2 is 1.26 bits per heavy atom. The van der Waals surface area contributed by atoms with Crippen LogP contribution in [0.5, 0.6) is 0 Å². The predicted molar refractivity (Wildman–Crippen MR) is 216 cm³/mol. The van der Waals surface area contributed by atoms with E-state index < -0.39 is 0 Å². The maximum atomic E-state index is 6.61. The molecular weight excluding hydrogens is 649 g/mol. The number of aryl methyl sites for hydroxylation is 1. The lowest BCUT2D eigenvalue weighted by Gasteiger charge is -2.30. The van der Waals surface area contributed by atoms with Crippen molar-refractivity contribution in [1.29, 1.82) is 0 Å².